The summed E-state index contributed by atoms with van der Waals surface area (Å²) in [5.74, 6) is 2.96. The number of hydrogen-bond donors (Lipinski definition) is 1. The van der Waals surface area contributed by atoms with E-state index in [1.54, 1.807) is 9.25 Å². The van der Waals surface area contributed by atoms with Gasteiger partial charge in [-0.15, -0.1) is 0 Å². The molecule has 1 saturated heterocycles. The Morgan fingerprint density at radius 3 is 2.77 bits per heavy atom. The molecular weight excluding hydrogens is 332 g/mol. The first kappa shape index (κ1) is 17.1. The number of nitrogens with zero attached hydrogens (tertiary/aromatic N) is 3. The van der Waals surface area contributed by atoms with Crippen LogP contribution in [-0.2, 0) is 19.5 Å². The van der Waals surface area contributed by atoms with Crippen LogP contribution < -0.4 is 20.5 Å². The van der Waals surface area contributed by atoms with Crippen molar-refractivity contribution in [3.05, 3.63) is 40.6 Å². The largest absolute Gasteiger partial charge is 0.486 e. The van der Waals surface area contributed by atoms with E-state index in [1.165, 1.54) is 0 Å². The third-order valence-corrected chi connectivity index (χ3v) is 5.19. The summed E-state index contributed by atoms with van der Waals surface area (Å²) in [5.41, 5.74) is -0.0566. The average Bonchev–Trinajstić information content (AvgIpc) is 2.96. The Labute approximate surface area is 152 Å². The third-order valence-electron chi connectivity index (χ3n) is 5.19. The van der Waals surface area contributed by atoms with Crippen LogP contribution in [0.3, 0.4) is 0 Å². The summed E-state index contributed by atoms with van der Waals surface area (Å²) in [6.07, 6.45) is 2.93. The zero-order chi connectivity index (χ0) is 17.9. The summed E-state index contributed by atoms with van der Waals surface area (Å²) >= 11 is 0. The van der Waals surface area contributed by atoms with E-state index in [4.69, 9.17) is 9.47 Å². The predicted octanol–water partition coefficient (Wildman–Crippen LogP) is 1.45. The molecule has 0 bridgehead atoms. The Bertz CT molecular complexity index is 807. The van der Waals surface area contributed by atoms with Crippen LogP contribution in [0.4, 0.5) is 0 Å². The molecule has 7 heteroatoms. The summed E-state index contributed by atoms with van der Waals surface area (Å²) in [6.45, 7) is 5.56. The Hall–Kier alpha value is -2.28. The number of benzene rings is 1. The fourth-order valence-corrected chi connectivity index (χ4v) is 3.76. The predicted molar refractivity (Wildman–Crippen MR) is 97.8 cm³/mol. The Balaban J connectivity index is 1.49. The standard InChI is InChI=1S/C19H26N4O3/c1-2-22-18(11-14-7-9-20-10-8-14)21-23(19(22)24)12-15-13-25-16-5-3-4-6-17(16)26-15/h3-6,14-15,20H,2,7-13H2,1H3/t15-/m1/s1. The molecule has 1 aromatic carbocycles. The lowest BCUT2D eigenvalue weighted by atomic mass is 9.94. The second kappa shape index (κ2) is 7.53. The average molecular weight is 358 g/mol. The van der Waals surface area contributed by atoms with Crippen LogP contribution in [0.2, 0.25) is 0 Å². The van der Waals surface area contributed by atoms with Gasteiger partial charge in [0, 0.05) is 13.0 Å². The van der Waals surface area contributed by atoms with E-state index >= 15 is 0 Å². The van der Waals surface area contributed by atoms with Gasteiger partial charge in [0.05, 0.1) is 6.54 Å². The molecule has 2 aliphatic heterocycles. The van der Waals surface area contributed by atoms with Crippen molar-refractivity contribution >= 4 is 0 Å². The lowest BCUT2D eigenvalue weighted by Crippen LogP contribution is -2.37. The molecule has 1 aromatic heterocycles. The van der Waals surface area contributed by atoms with Crippen molar-refractivity contribution in [1.29, 1.82) is 0 Å². The van der Waals surface area contributed by atoms with Crippen molar-refractivity contribution in [2.45, 2.75) is 45.4 Å². The van der Waals surface area contributed by atoms with E-state index in [9.17, 15) is 4.79 Å². The lowest BCUT2D eigenvalue weighted by molar-refractivity contribution is 0.0748. The number of piperidine rings is 1. The topological polar surface area (TPSA) is 70.3 Å². The van der Waals surface area contributed by atoms with Crippen LogP contribution in [0, 0.1) is 5.92 Å². The monoisotopic (exact) mass is 358 g/mol. The van der Waals surface area contributed by atoms with Gasteiger partial charge in [0.1, 0.15) is 12.4 Å². The fraction of sp³-hybridized carbons (Fsp3) is 0.579. The Morgan fingerprint density at radius 1 is 1.23 bits per heavy atom. The summed E-state index contributed by atoms with van der Waals surface area (Å²) in [5, 5.41) is 8.02. The maximum Gasteiger partial charge on any atom is 0.346 e. The van der Waals surface area contributed by atoms with Crippen molar-refractivity contribution in [3.63, 3.8) is 0 Å². The number of ether oxygens (including phenoxy) is 2. The first-order chi connectivity index (χ1) is 12.7. The van der Waals surface area contributed by atoms with Gasteiger partial charge >= 0.3 is 5.69 Å². The molecule has 140 valence electrons. The van der Waals surface area contributed by atoms with Crippen LogP contribution in [0.1, 0.15) is 25.6 Å². The number of rotatable bonds is 5. The molecule has 4 rings (SSSR count). The smallest absolute Gasteiger partial charge is 0.346 e. The normalized spacial score (nSPS) is 20.3. The molecule has 26 heavy (non-hydrogen) atoms. The van der Waals surface area contributed by atoms with Crippen molar-refractivity contribution in [2.75, 3.05) is 19.7 Å². The number of hydrogen-bond acceptors (Lipinski definition) is 5. The van der Waals surface area contributed by atoms with Gasteiger partial charge < -0.3 is 14.8 Å². The molecule has 7 nitrogen and oxygen atoms in total. The van der Waals surface area contributed by atoms with Gasteiger partial charge in [0.2, 0.25) is 0 Å². The van der Waals surface area contributed by atoms with Crippen molar-refractivity contribution < 1.29 is 9.47 Å². The van der Waals surface area contributed by atoms with Gasteiger partial charge in [-0.3, -0.25) is 4.57 Å². The van der Waals surface area contributed by atoms with E-state index in [1.807, 2.05) is 31.2 Å². The highest BCUT2D eigenvalue weighted by molar-refractivity contribution is 5.40. The molecule has 0 saturated carbocycles. The Kier molecular flexibility index (Phi) is 4.97. The number of nitrogens with one attached hydrogen (secondary N) is 1. The highest BCUT2D eigenvalue weighted by Gasteiger charge is 2.24. The van der Waals surface area contributed by atoms with Crippen LogP contribution in [0.25, 0.3) is 0 Å². The van der Waals surface area contributed by atoms with Crippen LogP contribution in [0.5, 0.6) is 11.5 Å². The minimum atomic E-state index is -0.213. The molecule has 1 fully saturated rings. The maximum absolute atomic E-state index is 12.7. The van der Waals surface area contributed by atoms with E-state index in [-0.39, 0.29) is 11.8 Å². The van der Waals surface area contributed by atoms with Gasteiger partial charge in [0.15, 0.2) is 17.6 Å². The van der Waals surface area contributed by atoms with Gasteiger partial charge in [0.25, 0.3) is 0 Å². The van der Waals surface area contributed by atoms with Gasteiger partial charge in [-0.25, -0.2) is 9.48 Å². The number of para-hydroxylation sites is 2. The van der Waals surface area contributed by atoms with Crippen LogP contribution in [0.15, 0.2) is 29.1 Å². The van der Waals surface area contributed by atoms with Crippen molar-refractivity contribution in [3.8, 4) is 11.5 Å². The number of aromatic nitrogens is 3. The molecule has 1 atom stereocenters. The summed E-state index contributed by atoms with van der Waals surface area (Å²) in [4.78, 5) is 12.7. The SMILES string of the molecule is CCn1c(CC2CCNCC2)nn(C[C@@H]2COc3ccccc3O2)c1=O. The zero-order valence-corrected chi connectivity index (χ0v) is 15.2. The minimum absolute atomic E-state index is 0.0566. The van der Waals surface area contributed by atoms with Gasteiger partial charge in [-0.2, -0.15) is 5.10 Å². The van der Waals surface area contributed by atoms with E-state index in [0.717, 1.165) is 49.7 Å². The first-order valence-corrected chi connectivity index (χ1v) is 9.50. The quantitative estimate of drug-likeness (QED) is 0.876. The second-order valence-corrected chi connectivity index (χ2v) is 7.02. The Morgan fingerprint density at radius 2 is 2.00 bits per heavy atom. The van der Waals surface area contributed by atoms with Gasteiger partial charge in [-0.1, -0.05) is 12.1 Å². The fourth-order valence-electron chi connectivity index (χ4n) is 3.76. The second-order valence-electron chi connectivity index (χ2n) is 7.02. The zero-order valence-electron chi connectivity index (χ0n) is 15.2. The highest BCUT2D eigenvalue weighted by atomic mass is 16.6. The van der Waals surface area contributed by atoms with E-state index in [0.29, 0.717) is 25.6 Å². The third kappa shape index (κ3) is 3.49. The molecule has 0 amide bonds. The molecule has 0 aliphatic carbocycles. The molecule has 0 unspecified atom stereocenters. The lowest BCUT2D eigenvalue weighted by Gasteiger charge is -2.26. The van der Waals surface area contributed by atoms with E-state index in [2.05, 4.69) is 10.4 Å². The maximum atomic E-state index is 12.7. The summed E-state index contributed by atoms with van der Waals surface area (Å²) in [7, 11) is 0. The minimum Gasteiger partial charge on any atom is -0.486 e. The molecule has 3 heterocycles. The molecule has 0 radical (unpaired) electrons. The van der Waals surface area contributed by atoms with Crippen LogP contribution in [-0.4, -0.2) is 40.1 Å². The number of fused-ring (bicyclic) bond motifs is 1. The molecule has 1 N–H and O–H groups in total. The first-order valence-electron chi connectivity index (χ1n) is 9.50. The molecule has 2 aromatic rings. The summed E-state index contributed by atoms with van der Waals surface area (Å²) in [6, 6.07) is 7.61. The molecular formula is C19H26N4O3. The van der Waals surface area contributed by atoms with E-state index < -0.39 is 0 Å². The molecule has 2 aliphatic rings. The highest BCUT2D eigenvalue weighted by Crippen LogP contribution is 2.31. The van der Waals surface area contributed by atoms with Crippen LogP contribution >= 0.6 is 0 Å². The van der Waals surface area contributed by atoms with Crippen molar-refractivity contribution in [2.24, 2.45) is 5.92 Å². The molecule has 0 spiro atoms. The van der Waals surface area contributed by atoms with Gasteiger partial charge in [-0.05, 0) is 50.9 Å². The summed E-state index contributed by atoms with van der Waals surface area (Å²) < 4.78 is 15.1. The van der Waals surface area contributed by atoms with Crippen molar-refractivity contribution in [1.82, 2.24) is 19.7 Å².